The maximum Gasteiger partial charge on any atom is 0.489 e. The Morgan fingerprint density at radius 1 is 1.46 bits per heavy atom. The van der Waals surface area contributed by atoms with Gasteiger partial charge in [0.25, 0.3) is 0 Å². The summed E-state index contributed by atoms with van der Waals surface area (Å²) in [7, 11) is -0.126. The van der Waals surface area contributed by atoms with Gasteiger partial charge in [0.2, 0.25) is 0 Å². The molecule has 0 aliphatic carbocycles. The number of rotatable bonds is 1. The summed E-state index contributed by atoms with van der Waals surface area (Å²) in [5.74, 6) is 0. The van der Waals surface area contributed by atoms with E-state index < -0.39 is 0 Å². The van der Waals surface area contributed by atoms with Crippen LogP contribution in [-0.4, -0.2) is 32.5 Å². The molecule has 2 rings (SSSR count). The van der Waals surface area contributed by atoms with Crippen LogP contribution in [0.1, 0.15) is 20.3 Å². The van der Waals surface area contributed by atoms with Gasteiger partial charge in [0.05, 0.1) is 25.4 Å². The highest BCUT2D eigenvalue weighted by atomic mass is 16.7. The first kappa shape index (κ1) is 9.25. The first-order valence-corrected chi connectivity index (χ1v) is 4.73. The molecule has 0 aromatic rings. The maximum absolute atomic E-state index is 5.74. The molecule has 0 aromatic heterocycles. The van der Waals surface area contributed by atoms with Crippen molar-refractivity contribution in [3.8, 4) is 0 Å². The van der Waals surface area contributed by atoms with E-state index in [9.17, 15) is 0 Å². The molecule has 0 amide bonds. The number of hydrogen-bond donors (Lipinski definition) is 0. The fourth-order valence-corrected chi connectivity index (χ4v) is 1.57. The summed E-state index contributed by atoms with van der Waals surface area (Å²) in [4.78, 5) is 0. The van der Waals surface area contributed by atoms with E-state index in [0.717, 1.165) is 13.0 Å². The topological polar surface area (TPSA) is 27.7 Å². The molecule has 4 heteroatoms. The highest BCUT2D eigenvalue weighted by Gasteiger charge is 2.39. The SMILES string of the molecule is CC1(C)COB(C2=CCOCC2)O1. The van der Waals surface area contributed by atoms with Crippen molar-refractivity contribution in [1.29, 1.82) is 0 Å². The summed E-state index contributed by atoms with van der Waals surface area (Å²) in [6.45, 7) is 6.25. The van der Waals surface area contributed by atoms with Crippen LogP contribution in [0.2, 0.25) is 0 Å². The lowest BCUT2D eigenvalue weighted by atomic mass is 9.75. The lowest BCUT2D eigenvalue weighted by molar-refractivity contribution is 0.134. The lowest BCUT2D eigenvalue weighted by Gasteiger charge is -2.18. The smallest absolute Gasteiger partial charge is 0.405 e. The van der Waals surface area contributed by atoms with E-state index >= 15 is 0 Å². The van der Waals surface area contributed by atoms with Crippen LogP contribution in [0.4, 0.5) is 0 Å². The first-order valence-electron chi connectivity index (χ1n) is 4.73. The molecule has 0 spiro atoms. The second-order valence-electron chi connectivity index (χ2n) is 4.12. The average Bonchev–Trinajstić information content (AvgIpc) is 2.48. The molecule has 0 radical (unpaired) electrons. The monoisotopic (exact) mass is 182 g/mol. The van der Waals surface area contributed by atoms with Crippen LogP contribution in [0.15, 0.2) is 11.5 Å². The molecule has 1 saturated heterocycles. The van der Waals surface area contributed by atoms with Gasteiger partial charge >= 0.3 is 7.12 Å². The van der Waals surface area contributed by atoms with Crippen molar-refractivity contribution in [1.82, 2.24) is 0 Å². The van der Waals surface area contributed by atoms with Crippen LogP contribution in [0.3, 0.4) is 0 Å². The van der Waals surface area contributed by atoms with Crippen LogP contribution >= 0.6 is 0 Å². The molecule has 0 saturated carbocycles. The predicted molar refractivity (Wildman–Crippen MR) is 50.4 cm³/mol. The van der Waals surface area contributed by atoms with Gasteiger partial charge in [-0.2, -0.15) is 0 Å². The van der Waals surface area contributed by atoms with Gasteiger partial charge in [0.15, 0.2) is 0 Å². The van der Waals surface area contributed by atoms with Crippen molar-refractivity contribution >= 4 is 7.12 Å². The third kappa shape index (κ3) is 2.13. The van der Waals surface area contributed by atoms with Gasteiger partial charge in [0.1, 0.15) is 0 Å². The fraction of sp³-hybridized carbons (Fsp3) is 0.778. The summed E-state index contributed by atoms with van der Waals surface area (Å²) in [5.41, 5.74) is 1.10. The van der Waals surface area contributed by atoms with Crippen LogP contribution in [0.25, 0.3) is 0 Å². The third-order valence-electron chi connectivity index (χ3n) is 2.31. The van der Waals surface area contributed by atoms with Crippen LogP contribution in [0, 0.1) is 0 Å². The Kier molecular flexibility index (Phi) is 2.45. The average molecular weight is 182 g/mol. The van der Waals surface area contributed by atoms with E-state index in [4.69, 9.17) is 14.0 Å². The predicted octanol–water partition coefficient (Wildman–Crippen LogP) is 1.19. The molecule has 0 bridgehead atoms. The van der Waals surface area contributed by atoms with Crippen molar-refractivity contribution in [2.24, 2.45) is 0 Å². The van der Waals surface area contributed by atoms with Crippen molar-refractivity contribution in [2.75, 3.05) is 19.8 Å². The maximum atomic E-state index is 5.74. The summed E-state index contributed by atoms with van der Waals surface area (Å²) in [6, 6.07) is 0. The van der Waals surface area contributed by atoms with E-state index in [1.54, 1.807) is 0 Å². The summed E-state index contributed by atoms with van der Waals surface area (Å²) in [6.07, 6.45) is 3.00. The Hall–Kier alpha value is -0.315. The standard InChI is InChI=1S/C9H15BO3/c1-9(2)7-12-10(13-9)8-3-5-11-6-4-8/h3H,4-7H2,1-2H3. The zero-order chi connectivity index (χ0) is 9.31. The zero-order valence-electron chi connectivity index (χ0n) is 8.21. The lowest BCUT2D eigenvalue weighted by Crippen LogP contribution is -2.27. The Bertz CT molecular complexity index is 225. The van der Waals surface area contributed by atoms with Gasteiger partial charge in [-0.3, -0.25) is 0 Å². The molecule has 2 heterocycles. The van der Waals surface area contributed by atoms with Crippen molar-refractivity contribution in [3.05, 3.63) is 11.5 Å². The molecule has 2 aliphatic rings. The van der Waals surface area contributed by atoms with E-state index in [1.807, 2.05) is 13.8 Å². The second kappa shape index (κ2) is 3.44. The van der Waals surface area contributed by atoms with Crippen molar-refractivity contribution in [3.63, 3.8) is 0 Å². The summed E-state index contributed by atoms with van der Waals surface area (Å²) in [5, 5.41) is 0. The quantitative estimate of drug-likeness (QED) is 0.570. The Morgan fingerprint density at radius 3 is 2.85 bits per heavy atom. The summed E-state index contributed by atoms with van der Waals surface area (Å²) < 4.78 is 16.5. The minimum Gasteiger partial charge on any atom is -0.405 e. The minimum absolute atomic E-state index is 0.126. The van der Waals surface area contributed by atoms with E-state index in [-0.39, 0.29) is 12.7 Å². The molecule has 3 nitrogen and oxygen atoms in total. The van der Waals surface area contributed by atoms with E-state index in [2.05, 4.69) is 6.08 Å². The Labute approximate surface area is 79.2 Å². The molecule has 0 aromatic carbocycles. The molecule has 0 unspecified atom stereocenters. The van der Waals surface area contributed by atoms with Gasteiger partial charge in [-0.1, -0.05) is 6.08 Å². The fourth-order valence-electron chi connectivity index (χ4n) is 1.57. The van der Waals surface area contributed by atoms with Gasteiger partial charge in [-0.15, -0.1) is 0 Å². The van der Waals surface area contributed by atoms with Gasteiger partial charge in [0, 0.05) is 0 Å². The second-order valence-corrected chi connectivity index (χ2v) is 4.12. The first-order chi connectivity index (χ1) is 6.17. The van der Waals surface area contributed by atoms with Gasteiger partial charge in [-0.25, -0.2) is 0 Å². The molecule has 0 atom stereocenters. The van der Waals surface area contributed by atoms with E-state index in [0.29, 0.717) is 13.2 Å². The van der Waals surface area contributed by atoms with Crippen molar-refractivity contribution in [2.45, 2.75) is 25.9 Å². The van der Waals surface area contributed by atoms with Crippen LogP contribution < -0.4 is 0 Å². The molecular formula is C9H15BO3. The highest BCUT2D eigenvalue weighted by Crippen LogP contribution is 2.25. The third-order valence-corrected chi connectivity index (χ3v) is 2.31. The highest BCUT2D eigenvalue weighted by molar-refractivity contribution is 6.54. The minimum atomic E-state index is -0.135. The molecular weight excluding hydrogens is 167 g/mol. The van der Waals surface area contributed by atoms with Crippen molar-refractivity contribution < 1.29 is 14.0 Å². The molecule has 13 heavy (non-hydrogen) atoms. The summed E-state index contributed by atoms with van der Waals surface area (Å²) >= 11 is 0. The Balaban J connectivity index is 1.99. The number of ether oxygens (including phenoxy) is 1. The normalized spacial score (nSPS) is 27.5. The van der Waals surface area contributed by atoms with E-state index in [1.165, 1.54) is 5.47 Å². The molecule has 1 fully saturated rings. The molecule has 2 aliphatic heterocycles. The molecule has 0 N–H and O–H groups in total. The Morgan fingerprint density at radius 2 is 2.31 bits per heavy atom. The van der Waals surface area contributed by atoms with Gasteiger partial charge < -0.3 is 14.0 Å². The van der Waals surface area contributed by atoms with Crippen LogP contribution in [0.5, 0.6) is 0 Å². The number of hydrogen-bond acceptors (Lipinski definition) is 3. The molecule has 72 valence electrons. The zero-order valence-corrected chi connectivity index (χ0v) is 8.21. The van der Waals surface area contributed by atoms with Crippen LogP contribution in [-0.2, 0) is 14.0 Å². The van der Waals surface area contributed by atoms with Gasteiger partial charge in [-0.05, 0) is 25.7 Å². The largest absolute Gasteiger partial charge is 0.489 e.